The van der Waals surface area contributed by atoms with Crippen molar-refractivity contribution in [3.05, 3.63) is 36.5 Å². The molecule has 98 valence electrons. The summed E-state index contributed by atoms with van der Waals surface area (Å²) in [4.78, 5) is 20.0. The van der Waals surface area contributed by atoms with Gasteiger partial charge < -0.3 is 4.74 Å². The van der Waals surface area contributed by atoms with Gasteiger partial charge in [-0.25, -0.2) is 14.8 Å². The Morgan fingerprint density at radius 1 is 1.47 bits per heavy atom. The summed E-state index contributed by atoms with van der Waals surface area (Å²) in [5, 5.41) is 6.58. The highest BCUT2D eigenvalue weighted by Gasteiger charge is 2.14. The van der Waals surface area contributed by atoms with Crippen LogP contribution < -0.4 is 0 Å². The molecule has 0 spiro atoms. The molecule has 3 aromatic rings. The Morgan fingerprint density at radius 3 is 3.00 bits per heavy atom. The molecule has 3 aromatic heterocycles. The Labute approximate surface area is 114 Å². The van der Waals surface area contributed by atoms with Gasteiger partial charge >= 0.3 is 5.97 Å². The second-order valence-electron chi connectivity index (χ2n) is 3.60. The highest BCUT2D eigenvalue weighted by molar-refractivity contribution is 5.89. The van der Waals surface area contributed by atoms with Crippen LogP contribution in [-0.2, 0) is 4.74 Å². The van der Waals surface area contributed by atoms with Crippen molar-refractivity contribution in [2.45, 2.75) is 0 Å². The van der Waals surface area contributed by atoms with E-state index in [-0.39, 0.29) is 18.1 Å². The van der Waals surface area contributed by atoms with Gasteiger partial charge in [0.25, 0.3) is 0 Å². The monoisotopic (exact) mass is 279 g/mol. The van der Waals surface area contributed by atoms with E-state index in [4.69, 9.17) is 0 Å². The molecular formula is C11H10ClN5O2. The second kappa shape index (κ2) is 5.07. The number of methoxy groups -OCH3 is 1. The van der Waals surface area contributed by atoms with Gasteiger partial charge in [0.05, 0.1) is 18.9 Å². The number of fused-ring (bicyclic) bond motifs is 1. The van der Waals surface area contributed by atoms with E-state index in [1.165, 1.54) is 7.11 Å². The van der Waals surface area contributed by atoms with Crippen molar-refractivity contribution in [2.75, 3.05) is 7.11 Å². The number of H-pyrrole nitrogens is 1. The van der Waals surface area contributed by atoms with Gasteiger partial charge in [-0.2, -0.15) is 5.10 Å². The lowest BCUT2D eigenvalue weighted by atomic mass is 10.3. The number of ether oxygens (including phenoxy) is 1. The third kappa shape index (κ3) is 2.15. The number of imidazole rings is 1. The van der Waals surface area contributed by atoms with E-state index in [1.54, 1.807) is 35.3 Å². The molecule has 0 aliphatic heterocycles. The lowest BCUT2D eigenvalue weighted by Gasteiger charge is -2.05. The lowest BCUT2D eigenvalue weighted by molar-refractivity contribution is 0.0594. The van der Waals surface area contributed by atoms with Gasteiger partial charge in [-0.1, -0.05) is 0 Å². The van der Waals surface area contributed by atoms with Crippen molar-refractivity contribution in [1.82, 2.24) is 24.6 Å². The number of nitrogens with one attached hydrogen (secondary N) is 1. The number of hydrogen-bond acceptors (Lipinski definition) is 5. The van der Waals surface area contributed by atoms with Crippen molar-refractivity contribution in [3.8, 4) is 11.4 Å². The summed E-state index contributed by atoms with van der Waals surface area (Å²) in [5.41, 5.74) is 1.61. The Bertz CT molecular complexity index is 707. The number of esters is 1. The van der Waals surface area contributed by atoms with Crippen LogP contribution >= 0.6 is 12.4 Å². The third-order valence-corrected chi connectivity index (χ3v) is 2.54. The molecular weight excluding hydrogens is 270 g/mol. The number of hydrogen-bond donors (Lipinski definition) is 1. The first-order valence-electron chi connectivity index (χ1n) is 5.21. The van der Waals surface area contributed by atoms with Gasteiger partial charge in [-0.05, 0) is 0 Å². The molecule has 0 fully saturated rings. The number of halogens is 1. The van der Waals surface area contributed by atoms with Gasteiger partial charge in [-0.15, -0.1) is 12.4 Å². The average molecular weight is 280 g/mol. The Hall–Kier alpha value is -2.41. The first kappa shape index (κ1) is 13.0. The molecule has 1 N–H and O–H groups in total. The molecule has 0 bridgehead atoms. The van der Waals surface area contributed by atoms with E-state index < -0.39 is 5.97 Å². The van der Waals surface area contributed by atoms with Crippen LogP contribution in [0.5, 0.6) is 0 Å². The molecule has 0 saturated heterocycles. The van der Waals surface area contributed by atoms with Crippen LogP contribution in [0.2, 0.25) is 0 Å². The van der Waals surface area contributed by atoms with E-state index in [9.17, 15) is 4.79 Å². The first-order valence-corrected chi connectivity index (χ1v) is 5.21. The summed E-state index contributed by atoms with van der Waals surface area (Å²) in [7, 11) is 1.32. The zero-order valence-electron chi connectivity index (χ0n) is 9.90. The van der Waals surface area contributed by atoms with E-state index in [1.807, 2.05) is 0 Å². The maximum atomic E-state index is 11.6. The Morgan fingerprint density at radius 2 is 2.32 bits per heavy atom. The third-order valence-electron chi connectivity index (χ3n) is 2.54. The predicted octanol–water partition coefficient (Wildman–Crippen LogP) is 1.33. The Kier molecular flexibility index (Phi) is 3.48. The van der Waals surface area contributed by atoms with Crippen LogP contribution in [0.15, 0.2) is 30.9 Å². The zero-order chi connectivity index (χ0) is 12.5. The fraction of sp³-hybridized carbons (Fsp3) is 0.0909. The highest BCUT2D eigenvalue weighted by Crippen LogP contribution is 2.18. The number of rotatable bonds is 2. The van der Waals surface area contributed by atoms with Crippen LogP contribution in [0.3, 0.4) is 0 Å². The number of carbonyl (C=O) groups is 1. The maximum Gasteiger partial charge on any atom is 0.356 e. The second-order valence-corrected chi connectivity index (χ2v) is 3.60. The molecule has 0 amide bonds. The highest BCUT2D eigenvalue weighted by atomic mass is 35.5. The van der Waals surface area contributed by atoms with E-state index in [2.05, 4.69) is 24.9 Å². The number of aromatic amines is 1. The summed E-state index contributed by atoms with van der Waals surface area (Å²) >= 11 is 0. The van der Waals surface area contributed by atoms with Gasteiger partial charge in [0.15, 0.2) is 5.69 Å². The van der Waals surface area contributed by atoms with Crippen molar-refractivity contribution in [2.24, 2.45) is 0 Å². The normalized spacial score (nSPS) is 10.2. The van der Waals surface area contributed by atoms with Crippen molar-refractivity contribution in [3.63, 3.8) is 0 Å². The molecule has 3 heterocycles. The molecule has 3 rings (SSSR count). The summed E-state index contributed by atoms with van der Waals surface area (Å²) in [6.45, 7) is 0. The zero-order valence-corrected chi connectivity index (χ0v) is 10.7. The minimum Gasteiger partial charge on any atom is -0.464 e. The smallest absolute Gasteiger partial charge is 0.356 e. The van der Waals surface area contributed by atoms with E-state index >= 15 is 0 Å². The fourth-order valence-corrected chi connectivity index (χ4v) is 1.71. The summed E-state index contributed by atoms with van der Waals surface area (Å²) in [5.74, 6) is 0.0874. The summed E-state index contributed by atoms with van der Waals surface area (Å²) in [6, 6.07) is 1.58. The molecule has 0 saturated carbocycles. The van der Waals surface area contributed by atoms with Crippen molar-refractivity contribution < 1.29 is 9.53 Å². The van der Waals surface area contributed by atoms with Gasteiger partial charge in [0.1, 0.15) is 11.5 Å². The quantitative estimate of drug-likeness (QED) is 0.715. The molecule has 8 heteroatoms. The minimum atomic E-state index is -0.495. The predicted molar refractivity (Wildman–Crippen MR) is 69.2 cm³/mol. The SMILES string of the molecule is COC(=O)c1cc2nccn2c(-c2cn[nH]c2)n1.Cl. The van der Waals surface area contributed by atoms with Crippen molar-refractivity contribution >= 4 is 24.0 Å². The van der Waals surface area contributed by atoms with Crippen LogP contribution in [0.1, 0.15) is 10.5 Å². The van der Waals surface area contributed by atoms with Gasteiger partial charge in [0.2, 0.25) is 0 Å². The fourth-order valence-electron chi connectivity index (χ4n) is 1.71. The molecule has 19 heavy (non-hydrogen) atoms. The number of aromatic nitrogens is 5. The summed E-state index contributed by atoms with van der Waals surface area (Å²) < 4.78 is 6.45. The molecule has 0 aliphatic rings. The number of carbonyl (C=O) groups excluding carboxylic acids is 1. The first-order chi connectivity index (χ1) is 8.79. The molecule has 0 radical (unpaired) electrons. The molecule has 0 aromatic carbocycles. The van der Waals surface area contributed by atoms with Crippen LogP contribution in [0.4, 0.5) is 0 Å². The largest absolute Gasteiger partial charge is 0.464 e. The van der Waals surface area contributed by atoms with Crippen LogP contribution in [0, 0.1) is 0 Å². The standard InChI is InChI=1S/C11H9N5O2.ClH/c1-18-11(17)8-4-9-12-2-3-16(9)10(15-8)7-5-13-14-6-7;/h2-6H,1H3,(H,13,14);1H. The lowest BCUT2D eigenvalue weighted by Crippen LogP contribution is -2.07. The molecule has 7 nitrogen and oxygen atoms in total. The maximum absolute atomic E-state index is 11.6. The van der Waals surface area contributed by atoms with E-state index in [0.717, 1.165) is 5.56 Å². The molecule has 0 unspecified atom stereocenters. The van der Waals surface area contributed by atoms with Gasteiger partial charge in [-0.3, -0.25) is 9.50 Å². The van der Waals surface area contributed by atoms with Gasteiger partial charge in [0, 0.05) is 24.7 Å². The average Bonchev–Trinajstić information content (AvgIpc) is 3.06. The molecule has 0 atom stereocenters. The number of nitrogens with zero attached hydrogens (tertiary/aromatic N) is 4. The summed E-state index contributed by atoms with van der Waals surface area (Å²) in [6.07, 6.45) is 6.74. The minimum absolute atomic E-state index is 0. The molecule has 0 aliphatic carbocycles. The Balaban J connectivity index is 0.00000133. The van der Waals surface area contributed by atoms with Crippen LogP contribution in [-0.4, -0.2) is 37.6 Å². The van der Waals surface area contributed by atoms with Crippen molar-refractivity contribution in [1.29, 1.82) is 0 Å². The van der Waals surface area contributed by atoms with E-state index in [0.29, 0.717) is 11.5 Å². The topological polar surface area (TPSA) is 85.2 Å². The van der Waals surface area contributed by atoms with Crippen LogP contribution in [0.25, 0.3) is 17.0 Å².